The van der Waals surface area contributed by atoms with Crippen molar-refractivity contribution in [3.63, 3.8) is 0 Å². The average molecular weight is 586 g/mol. The molecule has 2 unspecified atom stereocenters. The predicted octanol–water partition coefficient (Wildman–Crippen LogP) is 7.19. The molecule has 1 fully saturated rings. The number of carbonyl (C=O) groups excluding carboxylic acids is 2. The first-order valence-corrected chi connectivity index (χ1v) is 15.4. The number of aryl methyl sites for hydroxylation is 1. The topological polar surface area (TPSA) is 49.9 Å². The number of rotatable bonds is 9. The van der Waals surface area contributed by atoms with Gasteiger partial charge in [0.2, 0.25) is 5.91 Å². The standard InChI is InChI=1S/C31H34Cl2N2O3S/c1-2-3-5-21-7-9-22(10-8-21)31(37)34(19-24-6-4-16-38-24)20-29(36)35-15-13-28-26(14-17-39-28)30(35)25-12-11-23(32)18-27(25)33/h7-12,14,17-18,24,30H,2-6,13,15-16,19-20H2,1H3. The number of ether oxygens (including phenoxy) is 1. The summed E-state index contributed by atoms with van der Waals surface area (Å²) in [5.74, 6) is -0.246. The molecule has 5 nitrogen and oxygen atoms in total. The van der Waals surface area contributed by atoms with Crippen LogP contribution in [0.1, 0.15) is 70.6 Å². The fourth-order valence-corrected chi connectivity index (χ4v) is 6.94. The third kappa shape index (κ3) is 6.51. The van der Waals surface area contributed by atoms with Gasteiger partial charge in [-0.2, -0.15) is 0 Å². The van der Waals surface area contributed by atoms with Crippen LogP contribution in [-0.2, 0) is 22.4 Å². The van der Waals surface area contributed by atoms with Gasteiger partial charge in [-0.15, -0.1) is 11.3 Å². The van der Waals surface area contributed by atoms with Crippen molar-refractivity contribution in [3.05, 3.63) is 91.1 Å². The van der Waals surface area contributed by atoms with E-state index < -0.39 is 0 Å². The lowest BCUT2D eigenvalue weighted by atomic mass is 9.93. The van der Waals surface area contributed by atoms with Crippen LogP contribution in [0.4, 0.5) is 0 Å². The van der Waals surface area contributed by atoms with E-state index in [0.717, 1.165) is 49.7 Å². The van der Waals surface area contributed by atoms with E-state index in [1.807, 2.05) is 41.3 Å². The number of carbonyl (C=O) groups is 2. The Labute approximate surface area is 244 Å². The molecule has 206 valence electrons. The molecule has 2 aromatic carbocycles. The van der Waals surface area contributed by atoms with E-state index in [-0.39, 0.29) is 30.5 Å². The van der Waals surface area contributed by atoms with Crippen molar-refractivity contribution in [1.82, 2.24) is 9.80 Å². The Morgan fingerprint density at radius 3 is 2.64 bits per heavy atom. The molecule has 39 heavy (non-hydrogen) atoms. The fraction of sp³-hybridized carbons (Fsp3) is 0.419. The summed E-state index contributed by atoms with van der Waals surface area (Å²) in [5, 5.41) is 3.14. The van der Waals surface area contributed by atoms with E-state index in [1.165, 1.54) is 10.4 Å². The van der Waals surface area contributed by atoms with Crippen LogP contribution < -0.4 is 0 Å². The zero-order valence-electron chi connectivity index (χ0n) is 22.2. The van der Waals surface area contributed by atoms with Crippen LogP contribution in [0.2, 0.25) is 10.0 Å². The van der Waals surface area contributed by atoms with Gasteiger partial charge in [-0.05, 0) is 84.5 Å². The van der Waals surface area contributed by atoms with Crippen molar-refractivity contribution in [1.29, 1.82) is 0 Å². The Hall–Kier alpha value is -2.38. The van der Waals surface area contributed by atoms with Crippen molar-refractivity contribution in [2.45, 2.75) is 57.6 Å². The minimum atomic E-state index is -0.324. The zero-order chi connectivity index (χ0) is 27.4. The van der Waals surface area contributed by atoms with Crippen molar-refractivity contribution in [2.75, 3.05) is 26.2 Å². The zero-order valence-corrected chi connectivity index (χ0v) is 24.5. The molecule has 3 aromatic rings. The summed E-state index contributed by atoms with van der Waals surface area (Å²) in [6, 6.07) is 15.0. The van der Waals surface area contributed by atoms with Gasteiger partial charge in [0, 0.05) is 40.2 Å². The molecule has 2 atom stereocenters. The molecule has 2 aliphatic rings. The molecular formula is C31H34Cl2N2O3S. The Kier molecular flexibility index (Phi) is 9.28. The third-order valence-corrected chi connectivity index (χ3v) is 9.18. The van der Waals surface area contributed by atoms with Crippen molar-refractivity contribution >= 4 is 46.4 Å². The van der Waals surface area contributed by atoms with Crippen molar-refractivity contribution < 1.29 is 14.3 Å². The van der Waals surface area contributed by atoms with Gasteiger partial charge in [-0.1, -0.05) is 54.7 Å². The summed E-state index contributed by atoms with van der Waals surface area (Å²) in [7, 11) is 0. The molecule has 1 aromatic heterocycles. The second kappa shape index (κ2) is 12.9. The highest BCUT2D eigenvalue weighted by molar-refractivity contribution is 7.10. The minimum Gasteiger partial charge on any atom is -0.376 e. The number of amides is 2. The maximum absolute atomic E-state index is 14.0. The van der Waals surface area contributed by atoms with Gasteiger partial charge in [0.1, 0.15) is 6.54 Å². The number of thiophene rings is 1. The van der Waals surface area contributed by atoms with Crippen molar-refractivity contribution in [2.24, 2.45) is 0 Å². The highest BCUT2D eigenvalue weighted by Crippen LogP contribution is 2.41. The molecule has 0 radical (unpaired) electrons. The number of halogens is 2. The second-order valence-electron chi connectivity index (χ2n) is 10.3. The van der Waals surface area contributed by atoms with E-state index in [0.29, 0.717) is 35.3 Å². The van der Waals surface area contributed by atoms with Gasteiger partial charge in [0.25, 0.3) is 5.91 Å². The van der Waals surface area contributed by atoms with Crippen LogP contribution in [0.15, 0.2) is 53.9 Å². The molecule has 0 aliphatic carbocycles. The Bertz CT molecular complexity index is 1300. The molecule has 0 N–H and O–H groups in total. The molecule has 0 spiro atoms. The predicted molar refractivity (Wildman–Crippen MR) is 158 cm³/mol. The second-order valence-corrected chi connectivity index (χ2v) is 12.2. The van der Waals surface area contributed by atoms with E-state index in [1.54, 1.807) is 22.3 Å². The molecule has 0 saturated carbocycles. The van der Waals surface area contributed by atoms with Crippen LogP contribution in [0.3, 0.4) is 0 Å². The summed E-state index contributed by atoms with van der Waals surface area (Å²) in [5.41, 5.74) is 3.74. The van der Waals surface area contributed by atoms with Gasteiger partial charge >= 0.3 is 0 Å². The summed E-state index contributed by atoms with van der Waals surface area (Å²) >= 11 is 14.6. The van der Waals surface area contributed by atoms with Gasteiger partial charge in [-0.25, -0.2) is 0 Å². The van der Waals surface area contributed by atoms with Crippen LogP contribution in [-0.4, -0.2) is 54.0 Å². The number of nitrogens with zero attached hydrogens (tertiary/aromatic N) is 2. The molecule has 8 heteroatoms. The number of hydrogen-bond donors (Lipinski definition) is 0. The molecule has 0 bridgehead atoms. The molecule has 1 saturated heterocycles. The lowest BCUT2D eigenvalue weighted by Gasteiger charge is -2.38. The quantitative estimate of drug-likeness (QED) is 0.267. The smallest absolute Gasteiger partial charge is 0.254 e. The highest BCUT2D eigenvalue weighted by atomic mass is 35.5. The SMILES string of the molecule is CCCCc1ccc(C(=O)N(CC(=O)N2CCc3sccc3C2c2ccc(Cl)cc2Cl)CC2CCCO2)cc1. The summed E-state index contributed by atoms with van der Waals surface area (Å²) in [6.45, 7) is 3.80. The Balaban J connectivity index is 1.40. The summed E-state index contributed by atoms with van der Waals surface area (Å²) < 4.78 is 5.87. The third-order valence-electron chi connectivity index (χ3n) is 7.62. The van der Waals surface area contributed by atoms with E-state index in [4.69, 9.17) is 27.9 Å². The Morgan fingerprint density at radius 2 is 1.92 bits per heavy atom. The first-order valence-electron chi connectivity index (χ1n) is 13.7. The maximum atomic E-state index is 14.0. The highest BCUT2D eigenvalue weighted by Gasteiger charge is 2.36. The van der Waals surface area contributed by atoms with E-state index in [9.17, 15) is 9.59 Å². The van der Waals surface area contributed by atoms with Gasteiger partial charge in [-0.3, -0.25) is 9.59 Å². The number of hydrogen-bond acceptors (Lipinski definition) is 4. The molecule has 5 rings (SSSR count). The largest absolute Gasteiger partial charge is 0.376 e. The first kappa shape index (κ1) is 28.2. The van der Waals surface area contributed by atoms with Crippen LogP contribution in [0, 0.1) is 0 Å². The Morgan fingerprint density at radius 1 is 1.10 bits per heavy atom. The fourth-order valence-electron chi connectivity index (χ4n) is 5.53. The van der Waals surface area contributed by atoms with Gasteiger partial charge < -0.3 is 14.5 Å². The van der Waals surface area contributed by atoms with Crippen molar-refractivity contribution in [3.8, 4) is 0 Å². The van der Waals surface area contributed by atoms with Crippen LogP contribution in [0.25, 0.3) is 0 Å². The molecule has 2 aliphatic heterocycles. The summed E-state index contributed by atoms with van der Waals surface area (Å²) in [4.78, 5) is 32.5. The number of unbranched alkanes of at least 4 members (excludes halogenated alkanes) is 1. The number of fused-ring (bicyclic) bond motifs is 1. The molecule has 3 heterocycles. The maximum Gasteiger partial charge on any atom is 0.254 e. The van der Waals surface area contributed by atoms with Crippen LogP contribution >= 0.6 is 34.5 Å². The average Bonchev–Trinajstić information content (AvgIpc) is 3.63. The first-order chi connectivity index (χ1) is 18.9. The van der Waals surface area contributed by atoms with Crippen LogP contribution in [0.5, 0.6) is 0 Å². The van der Waals surface area contributed by atoms with Gasteiger partial charge in [0.15, 0.2) is 0 Å². The summed E-state index contributed by atoms with van der Waals surface area (Å²) in [6.07, 6.45) is 5.82. The minimum absolute atomic E-state index is 0.0164. The molecular weight excluding hydrogens is 551 g/mol. The van der Waals surface area contributed by atoms with E-state index >= 15 is 0 Å². The molecule has 2 amide bonds. The lowest BCUT2D eigenvalue weighted by molar-refractivity contribution is -0.134. The lowest BCUT2D eigenvalue weighted by Crippen LogP contribution is -2.48. The number of benzene rings is 2. The monoisotopic (exact) mass is 584 g/mol. The van der Waals surface area contributed by atoms with E-state index in [2.05, 4.69) is 18.4 Å². The normalized spacial score (nSPS) is 18.7. The van der Waals surface area contributed by atoms with Gasteiger partial charge in [0.05, 0.1) is 12.1 Å².